The summed E-state index contributed by atoms with van der Waals surface area (Å²) in [5.74, 6) is -0.340. The second-order valence-corrected chi connectivity index (χ2v) is 5.93. The molecule has 0 saturated carbocycles. The number of carbonyl (C=O) groups excluding carboxylic acids is 1. The van der Waals surface area contributed by atoms with Crippen LogP contribution in [0.25, 0.3) is 11.1 Å². The molecule has 0 aliphatic heterocycles. The van der Waals surface area contributed by atoms with Gasteiger partial charge in [0.05, 0.1) is 18.6 Å². The van der Waals surface area contributed by atoms with Gasteiger partial charge in [-0.3, -0.25) is 0 Å². The van der Waals surface area contributed by atoms with E-state index in [2.05, 4.69) is 28.2 Å². The van der Waals surface area contributed by atoms with Gasteiger partial charge in [0.1, 0.15) is 0 Å². The Morgan fingerprint density at radius 1 is 0.880 bits per heavy atom. The summed E-state index contributed by atoms with van der Waals surface area (Å²) >= 11 is 0. The Hall–Kier alpha value is -3.27. The van der Waals surface area contributed by atoms with E-state index < -0.39 is 0 Å². The minimum absolute atomic E-state index is 0.0201. The van der Waals surface area contributed by atoms with Crippen molar-refractivity contribution in [3.05, 3.63) is 95.6 Å². The SMILES string of the molecule is COC(=O)c1cc(C(c2ccc[nH]2)c2ccc[nH]2)c2cccccc1-2. The Bertz CT molecular complexity index is 921. The predicted molar refractivity (Wildman–Crippen MR) is 96.9 cm³/mol. The Balaban J connectivity index is 1.97. The number of aromatic amines is 2. The van der Waals surface area contributed by atoms with Crippen molar-refractivity contribution in [1.82, 2.24) is 9.97 Å². The third-order valence-corrected chi connectivity index (χ3v) is 4.52. The summed E-state index contributed by atoms with van der Waals surface area (Å²) in [5.41, 5.74) is 5.73. The molecule has 0 aromatic carbocycles. The lowest BCUT2D eigenvalue weighted by Crippen LogP contribution is -2.04. The third-order valence-electron chi connectivity index (χ3n) is 4.52. The van der Waals surface area contributed by atoms with Crippen LogP contribution in [0.1, 0.15) is 33.2 Å². The zero-order valence-electron chi connectivity index (χ0n) is 13.8. The molecule has 2 N–H and O–H groups in total. The molecule has 2 heterocycles. The molecular formula is C21H18N2O2. The zero-order chi connectivity index (χ0) is 17.2. The first-order valence-corrected chi connectivity index (χ1v) is 8.16. The number of esters is 1. The molecule has 4 rings (SSSR count). The van der Waals surface area contributed by atoms with Crippen molar-refractivity contribution in [3.8, 4) is 11.1 Å². The van der Waals surface area contributed by atoms with Crippen LogP contribution in [0.5, 0.6) is 0 Å². The van der Waals surface area contributed by atoms with Crippen molar-refractivity contribution < 1.29 is 9.53 Å². The molecule has 0 saturated heterocycles. The molecule has 0 radical (unpaired) electrons. The Labute approximate surface area is 145 Å². The normalized spacial score (nSPS) is 11.1. The summed E-state index contributed by atoms with van der Waals surface area (Å²) in [5, 5.41) is 0. The second-order valence-electron chi connectivity index (χ2n) is 5.93. The lowest BCUT2D eigenvalue weighted by molar-refractivity contribution is 0.0602. The summed E-state index contributed by atoms with van der Waals surface area (Å²) in [6, 6.07) is 19.9. The van der Waals surface area contributed by atoms with Crippen molar-refractivity contribution in [2.24, 2.45) is 0 Å². The molecule has 4 nitrogen and oxygen atoms in total. The molecule has 0 fully saturated rings. The molecule has 2 aliphatic carbocycles. The maximum Gasteiger partial charge on any atom is 0.338 e. The Morgan fingerprint density at radius 2 is 1.52 bits per heavy atom. The fourth-order valence-corrected chi connectivity index (χ4v) is 3.41. The lowest BCUT2D eigenvalue weighted by atomic mass is 9.91. The van der Waals surface area contributed by atoms with Gasteiger partial charge in [-0.15, -0.1) is 0 Å². The predicted octanol–water partition coefficient (Wildman–Crippen LogP) is 4.41. The molecule has 0 amide bonds. The molecule has 0 spiro atoms. The number of nitrogens with one attached hydrogen (secondary N) is 2. The summed E-state index contributed by atoms with van der Waals surface area (Å²) in [4.78, 5) is 18.9. The minimum atomic E-state index is -0.320. The van der Waals surface area contributed by atoms with Crippen molar-refractivity contribution in [1.29, 1.82) is 0 Å². The number of methoxy groups -OCH3 is 1. The van der Waals surface area contributed by atoms with E-state index >= 15 is 0 Å². The van der Waals surface area contributed by atoms with Crippen LogP contribution in [0, 0.1) is 0 Å². The quantitative estimate of drug-likeness (QED) is 0.544. The van der Waals surface area contributed by atoms with Gasteiger partial charge in [0.15, 0.2) is 0 Å². The first kappa shape index (κ1) is 15.3. The first-order valence-electron chi connectivity index (χ1n) is 8.16. The minimum Gasteiger partial charge on any atom is -0.465 e. The van der Waals surface area contributed by atoms with E-state index in [9.17, 15) is 4.79 Å². The zero-order valence-corrected chi connectivity index (χ0v) is 13.8. The van der Waals surface area contributed by atoms with Crippen LogP contribution in [-0.2, 0) is 4.74 Å². The van der Waals surface area contributed by atoms with E-state index in [0.29, 0.717) is 5.56 Å². The van der Waals surface area contributed by atoms with Crippen molar-refractivity contribution >= 4 is 5.97 Å². The van der Waals surface area contributed by atoms with Gasteiger partial charge in [-0.1, -0.05) is 30.3 Å². The third kappa shape index (κ3) is 2.62. The topological polar surface area (TPSA) is 57.9 Å². The number of fused-ring (bicyclic) bond motifs is 1. The molecule has 0 atom stereocenters. The van der Waals surface area contributed by atoms with Gasteiger partial charge in [0, 0.05) is 23.8 Å². The van der Waals surface area contributed by atoms with Crippen LogP contribution in [0.15, 0.2) is 73.1 Å². The van der Waals surface area contributed by atoms with Crippen LogP contribution in [0.3, 0.4) is 0 Å². The van der Waals surface area contributed by atoms with Crippen molar-refractivity contribution in [2.75, 3.05) is 7.11 Å². The monoisotopic (exact) mass is 330 g/mol. The van der Waals surface area contributed by atoms with Crippen LogP contribution in [0.4, 0.5) is 0 Å². The molecule has 0 unspecified atom stereocenters. The summed E-state index contributed by atoms with van der Waals surface area (Å²) < 4.78 is 4.99. The highest BCUT2D eigenvalue weighted by Gasteiger charge is 2.28. The standard InChI is InChI=1S/C21H18N2O2/c1-25-21(24)17-13-16(14-7-3-2-4-8-15(14)17)20(18-9-5-11-22-18)19-10-6-12-23-19/h2-13,20,22-23H,1H3. The van der Waals surface area contributed by atoms with Crippen LogP contribution in [0.2, 0.25) is 0 Å². The van der Waals surface area contributed by atoms with Crippen LogP contribution >= 0.6 is 0 Å². The fraction of sp³-hybridized carbons (Fsp3) is 0.0952. The molecule has 25 heavy (non-hydrogen) atoms. The van der Waals surface area contributed by atoms with Gasteiger partial charge in [-0.2, -0.15) is 0 Å². The molecule has 2 aromatic heterocycles. The largest absolute Gasteiger partial charge is 0.465 e. The molecule has 2 aliphatic rings. The van der Waals surface area contributed by atoms with Crippen LogP contribution in [-0.4, -0.2) is 23.0 Å². The Morgan fingerprint density at radius 3 is 2.08 bits per heavy atom. The van der Waals surface area contributed by atoms with E-state index in [1.807, 2.05) is 54.9 Å². The van der Waals surface area contributed by atoms with Gasteiger partial charge in [-0.25, -0.2) is 4.79 Å². The number of H-pyrrole nitrogens is 2. The highest BCUT2D eigenvalue weighted by atomic mass is 16.5. The number of rotatable bonds is 4. The summed E-state index contributed by atoms with van der Waals surface area (Å²) in [6.45, 7) is 0. The number of aromatic nitrogens is 2. The highest BCUT2D eigenvalue weighted by Crippen LogP contribution is 2.41. The summed E-state index contributed by atoms with van der Waals surface area (Å²) in [6.07, 6.45) is 3.83. The fourth-order valence-electron chi connectivity index (χ4n) is 3.41. The number of hydrogen-bond donors (Lipinski definition) is 2. The number of hydrogen-bond acceptors (Lipinski definition) is 2. The van der Waals surface area contributed by atoms with Crippen molar-refractivity contribution in [3.63, 3.8) is 0 Å². The van der Waals surface area contributed by atoms with Gasteiger partial charge in [-0.05, 0) is 47.0 Å². The second kappa shape index (κ2) is 6.32. The molecular weight excluding hydrogens is 312 g/mol. The Kier molecular flexibility index (Phi) is 3.86. The average molecular weight is 330 g/mol. The van der Waals surface area contributed by atoms with E-state index in [1.165, 1.54) is 7.11 Å². The molecule has 2 aromatic rings. The average Bonchev–Trinajstić information content (AvgIpc) is 3.36. The van der Waals surface area contributed by atoms with E-state index in [0.717, 1.165) is 28.1 Å². The molecule has 4 heteroatoms. The van der Waals surface area contributed by atoms with E-state index in [-0.39, 0.29) is 11.9 Å². The maximum atomic E-state index is 12.3. The van der Waals surface area contributed by atoms with Gasteiger partial charge < -0.3 is 14.7 Å². The maximum absolute atomic E-state index is 12.3. The molecule has 0 bridgehead atoms. The summed E-state index contributed by atoms with van der Waals surface area (Å²) in [7, 11) is 1.41. The van der Waals surface area contributed by atoms with Crippen molar-refractivity contribution in [2.45, 2.75) is 5.92 Å². The number of ether oxygens (including phenoxy) is 1. The smallest absolute Gasteiger partial charge is 0.338 e. The van der Waals surface area contributed by atoms with Crippen LogP contribution < -0.4 is 0 Å². The van der Waals surface area contributed by atoms with E-state index in [1.54, 1.807) is 0 Å². The lowest BCUT2D eigenvalue weighted by Gasteiger charge is -2.15. The molecule has 124 valence electrons. The van der Waals surface area contributed by atoms with Gasteiger partial charge in [0.2, 0.25) is 0 Å². The van der Waals surface area contributed by atoms with E-state index in [4.69, 9.17) is 4.74 Å². The number of carbonyl (C=O) groups is 1. The van der Waals surface area contributed by atoms with Gasteiger partial charge >= 0.3 is 5.97 Å². The highest BCUT2D eigenvalue weighted by molar-refractivity contribution is 6.00. The first-order chi connectivity index (χ1) is 12.3. The van der Waals surface area contributed by atoms with Gasteiger partial charge in [0.25, 0.3) is 0 Å².